The van der Waals surface area contributed by atoms with Crippen LogP contribution in [0.15, 0.2) is 29.2 Å². The van der Waals surface area contributed by atoms with Crippen LogP contribution in [-0.2, 0) is 24.3 Å². The van der Waals surface area contributed by atoms with Gasteiger partial charge in [-0.05, 0) is 38.1 Å². The third-order valence-electron chi connectivity index (χ3n) is 2.99. The Hall–Kier alpha value is -2.66. The average Bonchev–Trinajstić information content (AvgIpc) is 2.59. The molecular formula is C15H21N3O7S. The fourth-order valence-corrected chi connectivity index (χ4v) is 2.93. The number of benzene rings is 1. The van der Waals surface area contributed by atoms with Crippen molar-refractivity contribution in [2.45, 2.75) is 24.8 Å². The topological polar surface area (TPSA) is 140 Å². The van der Waals surface area contributed by atoms with Crippen LogP contribution in [-0.4, -0.2) is 52.6 Å². The van der Waals surface area contributed by atoms with Gasteiger partial charge < -0.3 is 14.8 Å². The van der Waals surface area contributed by atoms with E-state index in [0.29, 0.717) is 12.3 Å². The summed E-state index contributed by atoms with van der Waals surface area (Å²) >= 11 is 0. The lowest BCUT2D eigenvalue weighted by Crippen LogP contribution is -2.43. The van der Waals surface area contributed by atoms with Gasteiger partial charge in [-0.2, -0.15) is 4.72 Å². The highest BCUT2D eigenvalue weighted by Crippen LogP contribution is 2.15. The number of methoxy groups -OCH3 is 1. The van der Waals surface area contributed by atoms with Crippen LogP contribution in [0.5, 0.6) is 5.75 Å². The second kappa shape index (κ2) is 9.73. The number of sulfonamides is 1. The van der Waals surface area contributed by atoms with Crippen LogP contribution in [0.4, 0.5) is 4.79 Å². The maximum Gasteiger partial charge on any atom is 0.324 e. The normalized spacial score (nSPS) is 12.0. The molecule has 3 N–H and O–H groups in total. The molecule has 0 heterocycles. The molecule has 11 heteroatoms. The van der Waals surface area contributed by atoms with Crippen molar-refractivity contribution < 1.29 is 32.3 Å². The predicted octanol–water partition coefficient (Wildman–Crippen LogP) is -0.249. The molecule has 1 aromatic carbocycles. The van der Waals surface area contributed by atoms with Crippen molar-refractivity contribution in [1.29, 1.82) is 0 Å². The lowest BCUT2D eigenvalue weighted by atomic mass is 10.3. The summed E-state index contributed by atoms with van der Waals surface area (Å²) in [5.74, 6) is -1.32. The summed E-state index contributed by atoms with van der Waals surface area (Å²) in [6.45, 7) is 2.54. The minimum atomic E-state index is -3.97. The molecule has 3 amide bonds. The van der Waals surface area contributed by atoms with E-state index in [2.05, 4.69) is 14.8 Å². The van der Waals surface area contributed by atoms with Gasteiger partial charge in [0.2, 0.25) is 10.0 Å². The van der Waals surface area contributed by atoms with Crippen molar-refractivity contribution in [3.8, 4) is 5.75 Å². The first-order valence-electron chi connectivity index (χ1n) is 7.60. The van der Waals surface area contributed by atoms with Crippen molar-refractivity contribution in [2.75, 3.05) is 20.3 Å². The lowest BCUT2D eigenvalue weighted by molar-refractivity contribution is -0.149. The van der Waals surface area contributed by atoms with Gasteiger partial charge >= 0.3 is 12.0 Å². The Kier molecular flexibility index (Phi) is 8.00. The quantitative estimate of drug-likeness (QED) is 0.523. The minimum absolute atomic E-state index is 0.0630. The van der Waals surface area contributed by atoms with Gasteiger partial charge in [0.25, 0.3) is 5.91 Å². The van der Waals surface area contributed by atoms with Gasteiger partial charge in [0.1, 0.15) is 11.8 Å². The van der Waals surface area contributed by atoms with E-state index in [-0.39, 0.29) is 4.90 Å². The van der Waals surface area contributed by atoms with Crippen LogP contribution in [0.2, 0.25) is 0 Å². The molecule has 0 aliphatic heterocycles. The van der Waals surface area contributed by atoms with E-state index in [9.17, 15) is 22.8 Å². The first-order valence-corrected chi connectivity index (χ1v) is 9.08. The van der Waals surface area contributed by atoms with E-state index in [4.69, 9.17) is 4.74 Å². The molecule has 0 radical (unpaired) electrons. The number of hydrogen-bond donors (Lipinski definition) is 3. The second-order valence-corrected chi connectivity index (χ2v) is 6.75. The summed E-state index contributed by atoms with van der Waals surface area (Å²) in [5, 5.41) is 4.28. The minimum Gasteiger partial charge on any atom is -0.497 e. The molecule has 1 unspecified atom stereocenters. The molecule has 0 aliphatic carbocycles. The number of urea groups is 1. The Morgan fingerprint density at radius 2 is 1.77 bits per heavy atom. The Labute approximate surface area is 151 Å². The zero-order valence-corrected chi connectivity index (χ0v) is 15.4. The number of carbonyl (C=O) groups is 3. The van der Waals surface area contributed by atoms with Crippen molar-refractivity contribution >= 4 is 27.9 Å². The van der Waals surface area contributed by atoms with Gasteiger partial charge in [-0.3, -0.25) is 14.9 Å². The lowest BCUT2D eigenvalue weighted by Gasteiger charge is -2.14. The molecule has 144 valence electrons. The second-order valence-electron chi connectivity index (χ2n) is 5.03. The number of carbonyl (C=O) groups excluding carboxylic acids is 3. The van der Waals surface area contributed by atoms with Crippen molar-refractivity contribution in [3.63, 3.8) is 0 Å². The molecule has 0 saturated heterocycles. The zero-order chi connectivity index (χ0) is 19.7. The van der Waals surface area contributed by atoms with Crippen LogP contribution in [0.1, 0.15) is 13.8 Å². The fraction of sp³-hybridized carbons (Fsp3) is 0.400. The number of ether oxygens (including phenoxy) is 2. The number of nitrogens with one attached hydrogen (secondary N) is 3. The number of imide groups is 1. The van der Waals surface area contributed by atoms with E-state index in [1.807, 2.05) is 5.32 Å². The van der Waals surface area contributed by atoms with Gasteiger partial charge in [0, 0.05) is 6.54 Å². The number of hydrogen-bond acceptors (Lipinski definition) is 7. The van der Waals surface area contributed by atoms with Crippen molar-refractivity contribution in [1.82, 2.24) is 15.4 Å². The molecule has 1 rings (SSSR count). The van der Waals surface area contributed by atoms with Crippen LogP contribution < -0.4 is 20.1 Å². The number of amides is 3. The molecule has 0 spiro atoms. The van der Waals surface area contributed by atoms with Gasteiger partial charge in [0.15, 0.2) is 6.61 Å². The molecule has 0 saturated carbocycles. The van der Waals surface area contributed by atoms with Crippen molar-refractivity contribution in [3.05, 3.63) is 24.3 Å². The summed E-state index contributed by atoms with van der Waals surface area (Å²) in [7, 11) is -2.52. The van der Waals surface area contributed by atoms with E-state index in [1.54, 1.807) is 6.92 Å². The summed E-state index contributed by atoms with van der Waals surface area (Å²) in [5.41, 5.74) is 0. The zero-order valence-electron chi connectivity index (χ0n) is 14.6. The molecule has 26 heavy (non-hydrogen) atoms. The maximum atomic E-state index is 12.2. The van der Waals surface area contributed by atoms with E-state index in [1.165, 1.54) is 38.3 Å². The van der Waals surface area contributed by atoms with E-state index >= 15 is 0 Å². The summed E-state index contributed by atoms with van der Waals surface area (Å²) in [6, 6.07) is 3.60. The fourth-order valence-electron chi connectivity index (χ4n) is 1.73. The van der Waals surface area contributed by atoms with Gasteiger partial charge in [0.05, 0.1) is 12.0 Å². The highest BCUT2D eigenvalue weighted by atomic mass is 32.2. The van der Waals surface area contributed by atoms with Crippen LogP contribution in [0.25, 0.3) is 0 Å². The third kappa shape index (κ3) is 6.69. The molecule has 0 fully saturated rings. The van der Waals surface area contributed by atoms with E-state index in [0.717, 1.165) is 0 Å². The molecule has 10 nitrogen and oxygen atoms in total. The molecule has 0 aromatic heterocycles. The standard InChI is InChI=1S/C15H21N3O7S/c1-4-16-15(21)17-13(19)9-25-14(20)10(2)18-26(22,23)12-7-5-11(24-3)6-8-12/h5-8,10,18H,4,9H2,1-3H3,(H2,16,17,19,21). The van der Waals surface area contributed by atoms with Gasteiger partial charge in [-0.15, -0.1) is 0 Å². The Bertz CT molecular complexity index is 747. The largest absolute Gasteiger partial charge is 0.497 e. The molecule has 1 aromatic rings. The average molecular weight is 387 g/mol. The van der Waals surface area contributed by atoms with Crippen LogP contribution >= 0.6 is 0 Å². The Morgan fingerprint density at radius 1 is 1.15 bits per heavy atom. The highest BCUT2D eigenvalue weighted by Gasteiger charge is 2.24. The van der Waals surface area contributed by atoms with E-state index < -0.39 is 40.6 Å². The smallest absolute Gasteiger partial charge is 0.324 e. The summed E-state index contributed by atoms with van der Waals surface area (Å²) < 4.78 is 36.2. The monoisotopic (exact) mass is 387 g/mol. The third-order valence-corrected chi connectivity index (χ3v) is 4.55. The molecule has 0 bridgehead atoms. The number of rotatable bonds is 8. The SMILES string of the molecule is CCNC(=O)NC(=O)COC(=O)C(C)NS(=O)(=O)c1ccc(OC)cc1. The summed E-state index contributed by atoms with van der Waals surface area (Å²) in [6.07, 6.45) is 0. The number of esters is 1. The van der Waals surface area contributed by atoms with Gasteiger partial charge in [-0.25, -0.2) is 13.2 Å². The Morgan fingerprint density at radius 3 is 2.31 bits per heavy atom. The Balaban J connectivity index is 2.57. The van der Waals surface area contributed by atoms with Crippen LogP contribution in [0, 0.1) is 0 Å². The molecule has 0 aliphatic rings. The molecule has 1 atom stereocenters. The van der Waals surface area contributed by atoms with Crippen molar-refractivity contribution in [2.24, 2.45) is 0 Å². The maximum absolute atomic E-state index is 12.2. The predicted molar refractivity (Wildman–Crippen MR) is 91.0 cm³/mol. The first kappa shape index (κ1) is 21.4. The summed E-state index contributed by atoms with van der Waals surface area (Å²) in [4.78, 5) is 34.3. The highest BCUT2D eigenvalue weighted by molar-refractivity contribution is 7.89. The van der Waals surface area contributed by atoms with Crippen LogP contribution in [0.3, 0.4) is 0 Å². The van der Waals surface area contributed by atoms with Gasteiger partial charge in [-0.1, -0.05) is 0 Å². The first-order chi connectivity index (χ1) is 12.2. The molecular weight excluding hydrogens is 366 g/mol.